The lowest BCUT2D eigenvalue weighted by molar-refractivity contribution is 0.0592. The maximum absolute atomic E-state index is 11.6. The number of carbonyl (C=O) groups excluding carboxylic acids is 1. The fourth-order valence-corrected chi connectivity index (χ4v) is 2.19. The number of carbonyl (C=O) groups is 1. The summed E-state index contributed by atoms with van der Waals surface area (Å²) in [4.78, 5) is 11.6. The summed E-state index contributed by atoms with van der Waals surface area (Å²) in [6.07, 6.45) is 0.682. The molecular formula is C13H14IN3O2. The molecule has 0 unspecified atom stereocenters. The minimum absolute atomic E-state index is 0.301. The molecule has 0 N–H and O–H groups in total. The van der Waals surface area contributed by atoms with Crippen molar-refractivity contribution in [2.45, 2.75) is 19.9 Å². The first kappa shape index (κ1) is 14.0. The molecule has 0 saturated heterocycles. The van der Waals surface area contributed by atoms with Gasteiger partial charge in [-0.15, -0.1) is 5.10 Å². The number of hydrogen-bond acceptors (Lipinski definition) is 4. The van der Waals surface area contributed by atoms with Crippen LogP contribution >= 0.6 is 22.6 Å². The van der Waals surface area contributed by atoms with Gasteiger partial charge in [0.25, 0.3) is 0 Å². The summed E-state index contributed by atoms with van der Waals surface area (Å²) in [7, 11) is 1.35. The van der Waals surface area contributed by atoms with Crippen molar-refractivity contribution >= 4 is 28.6 Å². The molecule has 0 amide bonds. The maximum atomic E-state index is 11.6. The molecule has 0 saturated carbocycles. The van der Waals surface area contributed by atoms with Crippen molar-refractivity contribution in [2.75, 3.05) is 7.11 Å². The average Bonchev–Trinajstić information content (AvgIpc) is 2.83. The van der Waals surface area contributed by atoms with Crippen LogP contribution in [0.25, 0.3) is 0 Å². The van der Waals surface area contributed by atoms with Gasteiger partial charge >= 0.3 is 5.97 Å². The molecule has 1 heterocycles. The summed E-state index contributed by atoms with van der Waals surface area (Å²) >= 11 is 2.26. The van der Waals surface area contributed by atoms with E-state index in [1.165, 1.54) is 10.7 Å². The van der Waals surface area contributed by atoms with Crippen molar-refractivity contribution in [1.82, 2.24) is 15.0 Å². The molecule has 1 aromatic carbocycles. The molecule has 0 spiro atoms. The minimum Gasteiger partial charge on any atom is -0.464 e. The Morgan fingerprint density at radius 1 is 1.37 bits per heavy atom. The van der Waals surface area contributed by atoms with E-state index in [1.54, 1.807) is 4.68 Å². The SMILES string of the molecule is CCc1c(C(=O)OC)nnn1Cc1ccc(I)cc1. The fourth-order valence-electron chi connectivity index (χ4n) is 1.83. The smallest absolute Gasteiger partial charge is 0.360 e. The fraction of sp³-hybridized carbons (Fsp3) is 0.308. The van der Waals surface area contributed by atoms with Gasteiger partial charge in [0, 0.05) is 3.57 Å². The number of ether oxygens (including phenoxy) is 1. The Labute approximate surface area is 125 Å². The molecule has 2 rings (SSSR count). The van der Waals surface area contributed by atoms with Crippen LogP contribution < -0.4 is 0 Å². The monoisotopic (exact) mass is 371 g/mol. The Bertz CT molecular complexity index is 578. The third-order valence-electron chi connectivity index (χ3n) is 2.80. The van der Waals surface area contributed by atoms with Crippen LogP contribution in [-0.2, 0) is 17.7 Å². The van der Waals surface area contributed by atoms with E-state index in [0.29, 0.717) is 18.7 Å². The third kappa shape index (κ3) is 3.12. The number of benzene rings is 1. The summed E-state index contributed by atoms with van der Waals surface area (Å²) < 4.78 is 7.63. The van der Waals surface area contributed by atoms with Crippen LogP contribution in [0.4, 0.5) is 0 Å². The quantitative estimate of drug-likeness (QED) is 0.611. The molecule has 0 aliphatic heterocycles. The molecule has 100 valence electrons. The highest BCUT2D eigenvalue weighted by Crippen LogP contribution is 2.12. The maximum Gasteiger partial charge on any atom is 0.360 e. The predicted octanol–water partition coefficient (Wildman–Crippen LogP) is 2.28. The van der Waals surface area contributed by atoms with E-state index in [-0.39, 0.29) is 0 Å². The van der Waals surface area contributed by atoms with E-state index in [4.69, 9.17) is 4.74 Å². The standard InChI is InChI=1S/C13H14IN3O2/c1-3-11-12(13(18)19-2)15-16-17(11)8-9-4-6-10(14)7-5-9/h4-7H,3,8H2,1-2H3. The van der Waals surface area contributed by atoms with E-state index in [0.717, 1.165) is 11.3 Å². The van der Waals surface area contributed by atoms with Crippen molar-refractivity contribution in [3.8, 4) is 0 Å². The van der Waals surface area contributed by atoms with Crippen LogP contribution in [0.3, 0.4) is 0 Å². The molecule has 0 bridgehead atoms. The summed E-state index contributed by atoms with van der Waals surface area (Å²) in [6.45, 7) is 2.57. The molecule has 0 aliphatic rings. The first-order chi connectivity index (χ1) is 9.15. The number of methoxy groups -OCH3 is 1. The van der Waals surface area contributed by atoms with E-state index in [2.05, 4.69) is 32.9 Å². The summed E-state index contributed by atoms with van der Waals surface area (Å²) in [5.41, 5.74) is 2.22. The van der Waals surface area contributed by atoms with Crippen LogP contribution in [0.15, 0.2) is 24.3 Å². The zero-order valence-electron chi connectivity index (χ0n) is 10.8. The summed E-state index contributed by atoms with van der Waals surface area (Å²) in [5, 5.41) is 7.95. The second-order valence-corrected chi connectivity index (χ2v) is 5.26. The lowest BCUT2D eigenvalue weighted by atomic mass is 10.2. The lowest BCUT2D eigenvalue weighted by Gasteiger charge is -2.06. The van der Waals surface area contributed by atoms with Gasteiger partial charge in [0.1, 0.15) is 0 Å². The second-order valence-electron chi connectivity index (χ2n) is 4.01. The summed E-state index contributed by atoms with van der Waals surface area (Å²) in [5.74, 6) is -0.439. The van der Waals surface area contributed by atoms with Crippen molar-refractivity contribution in [2.24, 2.45) is 0 Å². The molecule has 0 aliphatic carbocycles. The van der Waals surface area contributed by atoms with Crippen molar-refractivity contribution in [3.05, 3.63) is 44.8 Å². The molecule has 1 aromatic heterocycles. The van der Waals surface area contributed by atoms with Gasteiger partial charge in [-0.05, 0) is 46.7 Å². The Morgan fingerprint density at radius 3 is 2.63 bits per heavy atom. The lowest BCUT2D eigenvalue weighted by Crippen LogP contribution is -2.09. The number of rotatable bonds is 4. The van der Waals surface area contributed by atoms with Gasteiger partial charge in [-0.3, -0.25) is 0 Å². The average molecular weight is 371 g/mol. The van der Waals surface area contributed by atoms with Crippen LogP contribution in [-0.4, -0.2) is 28.1 Å². The third-order valence-corrected chi connectivity index (χ3v) is 3.52. The Hall–Kier alpha value is -1.44. The predicted molar refractivity (Wildman–Crippen MR) is 79.0 cm³/mol. The summed E-state index contributed by atoms with van der Waals surface area (Å²) in [6, 6.07) is 8.17. The second kappa shape index (κ2) is 6.14. The normalized spacial score (nSPS) is 10.5. The largest absolute Gasteiger partial charge is 0.464 e. The number of aromatic nitrogens is 3. The van der Waals surface area contributed by atoms with Crippen LogP contribution in [0.1, 0.15) is 28.7 Å². The van der Waals surface area contributed by atoms with Gasteiger partial charge in [0.15, 0.2) is 5.69 Å². The first-order valence-electron chi connectivity index (χ1n) is 5.90. The molecule has 0 atom stereocenters. The van der Waals surface area contributed by atoms with Gasteiger partial charge in [0.05, 0.1) is 19.3 Å². The zero-order chi connectivity index (χ0) is 13.8. The van der Waals surface area contributed by atoms with Crippen LogP contribution in [0, 0.1) is 3.57 Å². The Balaban J connectivity index is 2.28. The van der Waals surface area contributed by atoms with E-state index in [1.807, 2.05) is 31.2 Å². The number of halogens is 1. The molecule has 2 aromatic rings. The molecular weight excluding hydrogens is 357 g/mol. The van der Waals surface area contributed by atoms with Crippen LogP contribution in [0.5, 0.6) is 0 Å². The molecule has 6 heteroatoms. The van der Waals surface area contributed by atoms with E-state index in [9.17, 15) is 4.79 Å². The van der Waals surface area contributed by atoms with E-state index >= 15 is 0 Å². The van der Waals surface area contributed by atoms with Gasteiger partial charge in [-0.2, -0.15) is 0 Å². The van der Waals surface area contributed by atoms with Crippen molar-refractivity contribution < 1.29 is 9.53 Å². The molecule has 0 fully saturated rings. The van der Waals surface area contributed by atoms with E-state index < -0.39 is 5.97 Å². The topological polar surface area (TPSA) is 57.0 Å². The Morgan fingerprint density at radius 2 is 2.05 bits per heavy atom. The zero-order valence-corrected chi connectivity index (χ0v) is 12.9. The highest BCUT2D eigenvalue weighted by atomic mass is 127. The van der Waals surface area contributed by atoms with Gasteiger partial charge in [-0.25, -0.2) is 9.48 Å². The first-order valence-corrected chi connectivity index (χ1v) is 6.98. The number of nitrogens with zero attached hydrogens (tertiary/aromatic N) is 3. The highest BCUT2D eigenvalue weighted by molar-refractivity contribution is 14.1. The van der Waals surface area contributed by atoms with Gasteiger partial charge < -0.3 is 4.74 Å². The van der Waals surface area contributed by atoms with Crippen molar-refractivity contribution in [1.29, 1.82) is 0 Å². The molecule has 0 radical (unpaired) electrons. The molecule has 19 heavy (non-hydrogen) atoms. The molecule has 5 nitrogen and oxygen atoms in total. The highest BCUT2D eigenvalue weighted by Gasteiger charge is 2.18. The van der Waals surface area contributed by atoms with Crippen LogP contribution in [0.2, 0.25) is 0 Å². The minimum atomic E-state index is -0.439. The number of esters is 1. The van der Waals surface area contributed by atoms with Gasteiger partial charge in [0.2, 0.25) is 0 Å². The Kier molecular flexibility index (Phi) is 4.52. The number of hydrogen-bond donors (Lipinski definition) is 0. The van der Waals surface area contributed by atoms with Crippen molar-refractivity contribution in [3.63, 3.8) is 0 Å². The van der Waals surface area contributed by atoms with Gasteiger partial charge in [-0.1, -0.05) is 24.3 Å².